The Morgan fingerprint density at radius 1 is 1.31 bits per heavy atom. The summed E-state index contributed by atoms with van der Waals surface area (Å²) >= 11 is 0. The lowest BCUT2D eigenvalue weighted by molar-refractivity contribution is 0.632. The molecule has 1 saturated carbocycles. The molecule has 0 aliphatic heterocycles. The Hall–Kier alpha value is -3.22. The minimum atomic E-state index is -0.620. The van der Waals surface area contributed by atoms with Crippen LogP contribution in [0.25, 0.3) is 22.0 Å². The minimum Gasteiger partial charge on any atom is -0.396 e. The predicted molar refractivity (Wildman–Crippen MR) is 101 cm³/mol. The summed E-state index contributed by atoms with van der Waals surface area (Å²) < 4.78 is 13.8. The van der Waals surface area contributed by atoms with Crippen LogP contribution in [0.5, 0.6) is 0 Å². The molecule has 26 heavy (non-hydrogen) atoms. The number of halogens is 1. The van der Waals surface area contributed by atoms with Crippen LogP contribution >= 0.6 is 0 Å². The molecule has 0 atom stereocenters. The first-order chi connectivity index (χ1) is 12.4. The van der Waals surface area contributed by atoms with Crippen molar-refractivity contribution in [2.75, 3.05) is 11.5 Å². The third-order valence-corrected chi connectivity index (χ3v) is 4.99. The molecule has 0 bridgehead atoms. The maximum atomic E-state index is 13.8. The molecule has 4 rings (SSSR count). The number of aromatic amines is 1. The highest BCUT2D eigenvalue weighted by atomic mass is 19.1. The Morgan fingerprint density at radius 3 is 2.69 bits per heavy atom. The molecule has 0 radical (unpaired) electrons. The number of hydrogen-bond acceptors (Lipinski definition) is 5. The number of nitrogens with one attached hydrogen (secondary N) is 2. The Morgan fingerprint density at radius 2 is 2.04 bits per heavy atom. The molecule has 1 aliphatic rings. The van der Waals surface area contributed by atoms with Crippen molar-refractivity contribution in [1.82, 2.24) is 9.97 Å². The van der Waals surface area contributed by atoms with Gasteiger partial charge < -0.3 is 21.9 Å². The molecule has 2 aromatic heterocycles. The van der Waals surface area contributed by atoms with E-state index in [1.165, 1.54) is 12.1 Å². The molecule has 6 nitrogen and oxygen atoms in total. The maximum Gasteiger partial charge on any atom is 0.272 e. The fourth-order valence-electron chi connectivity index (χ4n) is 3.46. The predicted octanol–water partition coefficient (Wildman–Crippen LogP) is 3.08. The lowest BCUT2D eigenvalue weighted by Gasteiger charge is -2.16. The summed E-state index contributed by atoms with van der Waals surface area (Å²) in [6.07, 6.45) is 4.85. The molecule has 1 fully saturated rings. The van der Waals surface area contributed by atoms with E-state index in [0.717, 1.165) is 30.3 Å². The van der Waals surface area contributed by atoms with Gasteiger partial charge in [-0.15, -0.1) is 0 Å². The number of nitrogens with two attached hydrogens (primary N) is 2. The zero-order chi connectivity index (χ0) is 18.6. The second-order valence-electron chi connectivity index (χ2n) is 6.64. The van der Waals surface area contributed by atoms with Gasteiger partial charge in [0.15, 0.2) is 0 Å². The molecular weight excluding hydrogens is 333 g/mol. The fourth-order valence-corrected chi connectivity index (χ4v) is 3.46. The molecule has 7 heteroatoms. The van der Waals surface area contributed by atoms with Crippen molar-refractivity contribution < 1.29 is 4.39 Å². The van der Waals surface area contributed by atoms with Gasteiger partial charge in [-0.1, -0.05) is 6.07 Å². The van der Waals surface area contributed by atoms with E-state index in [4.69, 9.17) is 16.9 Å². The first-order valence-electron chi connectivity index (χ1n) is 8.33. The van der Waals surface area contributed by atoms with Crippen LogP contribution < -0.4 is 17.0 Å². The Bertz CT molecular complexity index is 1130. The van der Waals surface area contributed by atoms with Gasteiger partial charge in [0.2, 0.25) is 0 Å². The molecular formula is C19H18FN5O. The van der Waals surface area contributed by atoms with E-state index in [9.17, 15) is 9.18 Å². The molecule has 6 N–H and O–H groups in total. The third-order valence-electron chi connectivity index (χ3n) is 4.99. The van der Waals surface area contributed by atoms with Crippen LogP contribution in [0.1, 0.15) is 35.6 Å². The second-order valence-corrected chi connectivity index (χ2v) is 6.64. The van der Waals surface area contributed by atoms with Crippen LogP contribution in [0.2, 0.25) is 0 Å². The van der Waals surface area contributed by atoms with E-state index in [1.807, 2.05) is 6.92 Å². The van der Waals surface area contributed by atoms with Gasteiger partial charge in [-0.3, -0.25) is 9.78 Å². The first-order valence-corrected chi connectivity index (χ1v) is 8.33. The van der Waals surface area contributed by atoms with E-state index in [1.54, 1.807) is 6.20 Å². The zero-order valence-corrected chi connectivity index (χ0v) is 14.2. The minimum absolute atomic E-state index is 0.00743. The standard InChI is InChI=1S/C19H18FN5O/c1-8-17(9-2-3-9)24-7-12-14(16(23)19(26)25-18(8)12)10-4-5-13(20)15(22)11(10)6-21/h4-7,9,21H,2-3,22-23H2,1H3,(H,25,26). The summed E-state index contributed by atoms with van der Waals surface area (Å²) in [5.41, 5.74) is 14.9. The zero-order valence-electron chi connectivity index (χ0n) is 14.2. The number of anilines is 2. The van der Waals surface area contributed by atoms with Gasteiger partial charge in [0, 0.05) is 40.5 Å². The largest absolute Gasteiger partial charge is 0.396 e. The smallest absolute Gasteiger partial charge is 0.272 e. The van der Waals surface area contributed by atoms with Crippen molar-refractivity contribution in [3.05, 3.63) is 51.3 Å². The maximum absolute atomic E-state index is 13.8. The van der Waals surface area contributed by atoms with Crippen LogP contribution in [0, 0.1) is 18.2 Å². The number of benzene rings is 1. The number of pyridine rings is 2. The van der Waals surface area contributed by atoms with Crippen molar-refractivity contribution in [2.45, 2.75) is 25.7 Å². The van der Waals surface area contributed by atoms with E-state index in [0.29, 0.717) is 27.9 Å². The lowest BCUT2D eigenvalue weighted by Crippen LogP contribution is -2.15. The molecule has 1 aliphatic carbocycles. The Labute approximate surface area is 148 Å². The van der Waals surface area contributed by atoms with Crippen LogP contribution in [-0.2, 0) is 0 Å². The van der Waals surface area contributed by atoms with E-state index in [-0.39, 0.29) is 16.9 Å². The molecule has 0 spiro atoms. The normalized spacial score (nSPS) is 13.9. The second kappa shape index (κ2) is 5.66. The van der Waals surface area contributed by atoms with Gasteiger partial charge in [0.1, 0.15) is 11.5 Å². The number of rotatable bonds is 3. The number of nitrogens with zero attached hydrogens (tertiary/aromatic N) is 1. The molecule has 1 aromatic carbocycles. The summed E-state index contributed by atoms with van der Waals surface area (Å²) in [5, 5.41) is 8.28. The molecule has 132 valence electrons. The molecule has 2 heterocycles. The van der Waals surface area contributed by atoms with E-state index >= 15 is 0 Å². The van der Waals surface area contributed by atoms with Crippen molar-refractivity contribution in [1.29, 1.82) is 5.41 Å². The summed E-state index contributed by atoms with van der Waals surface area (Å²) in [6.45, 7) is 1.93. The number of H-pyrrole nitrogens is 1. The molecule has 0 unspecified atom stereocenters. The summed E-state index contributed by atoms with van der Waals surface area (Å²) in [4.78, 5) is 19.9. The quantitative estimate of drug-likeness (QED) is 0.428. The van der Waals surface area contributed by atoms with Crippen LogP contribution in [0.15, 0.2) is 23.1 Å². The number of aromatic nitrogens is 2. The SMILES string of the molecule is Cc1c(C2CC2)ncc2c(-c3ccc(F)c(N)c3C=N)c(N)c(=O)[nH]c12. The summed E-state index contributed by atoms with van der Waals surface area (Å²) in [5.74, 6) is -0.187. The molecule has 0 amide bonds. The van der Waals surface area contributed by atoms with Crippen molar-refractivity contribution >= 4 is 28.5 Å². The number of nitrogen functional groups attached to an aromatic ring is 2. The summed E-state index contributed by atoms with van der Waals surface area (Å²) in [6, 6.07) is 2.70. The van der Waals surface area contributed by atoms with Crippen LogP contribution in [-0.4, -0.2) is 16.2 Å². The summed E-state index contributed by atoms with van der Waals surface area (Å²) in [7, 11) is 0. The van der Waals surface area contributed by atoms with Crippen molar-refractivity contribution in [3.63, 3.8) is 0 Å². The van der Waals surface area contributed by atoms with Gasteiger partial charge in [0.25, 0.3) is 5.56 Å². The van der Waals surface area contributed by atoms with Crippen molar-refractivity contribution in [3.8, 4) is 11.1 Å². The average molecular weight is 351 g/mol. The highest BCUT2D eigenvalue weighted by molar-refractivity contribution is 6.06. The number of hydrogen-bond donors (Lipinski definition) is 4. The Kier molecular flexibility index (Phi) is 3.54. The van der Waals surface area contributed by atoms with Crippen molar-refractivity contribution in [2.24, 2.45) is 0 Å². The van der Waals surface area contributed by atoms with Gasteiger partial charge >= 0.3 is 0 Å². The Balaban J connectivity index is 2.12. The highest BCUT2D eigenvalue weighted by Crippen LogP contribution is 2.43. The van der Waals surface area contributed by atoms with Crippen LogP contribution in [0.3, 0.4) is 0 Å². The van der Waals surface area contributed by atoms with Gasteiger partial charge in [-0.05, 0) is 37.0 Å². The fraction of sp³-hybridized carbons (Fsp3) is 0.211. The third kappa shape index (κ3) is 2.28. The number of aryl methyl sites for hydroxylation is 1. The topological polar surface area (TPSA) is 122 Å². The molecule has 0 saturated heterocycles. The van der Waals surface area contributed by atoms with E-state index < -0.39 is 11.4 Å². The molecule has 3 aromatic rings. The van der Waals surface area contributed by atoms with Gasteiger partial charge in [-0.2, -0.15) is 0 Å². The van der Waals surface area contributed by atoms with Gasteiger partial charge in [0.05, 0.1) is 11.2 Å². The monoisotopic (exact) mass is 351 g/mol. The highest BCUT2D eigenvalue weighted by Gasteiger charge is 2.28. The average Bonchev–Trinajstić information content (AvgIpc) is 3.45. The van der Waals surface area contributed by atoms with E-state index in [2.05, 4.69) is 9.97 Å². The number of fused-ring (bicyclic) bond motifs is 1. The van der Waals surface area contributed by atoms with Crippen LogP contribution in [0.4, 0.5) is 15.8 Å². The lowest BCUT2D eigenvalue weighted by atomic mass is 9.94. The first kappa shape index (κ1) is 16.3. The van der Waals surface area contributed by atoms with Gasteiger partial charge in [-0.25, -0.2) is 4.39 Å².